The van der Waals surface area contributed by atoms with Gasteiger partial charge in [0.15, 0.2) is 5.78 Å². The van der Waals surface area contributed by atoms with Gasteiger partial charge >= 0.3 is 0 Å². The van der Waals surface area contributed by atoms with Crippen LogP contribution in [0.15, 0.2) is 30.3 Å². The lowest BCUT2D eigenvalue weighted by Crippen LogP contribution is -2.50. The molecule has 1 heterocycles. The van der Waals surface area contributed by atoms with Gasteiger partial charge in [-0.25, -0.2) is 0 Å². The van der Waals surface area contributed by atoms with E-state index in [2.05, 4.69) is 37.5 Å². The van der Waals surface area contributed by atoms with Gasteiger partial charge in [-0.05, 0) is 5.92 Å². The van der Waals surface area contributed by atoms with Crippen molar-refractivity contribution in [1.82, 2.24) is 9.80 Å². The van der Waals surface area contributed by atoms with E-state index in [1.807, 2.05) is 30.3 Å². The molecular formula is C19H32Cl2N2O. The molecule has 0 radical (unpaired) electrons. The minimum atomic E-state index is -0.332. The Hall–Kier alpha value is -0.610. The van der Waals surface area contributed by atoms with Gasteiger partial charge in [-0.3, -0.25) is 9.69 Å². The summed E-state index contributed by atoms with van der Waals surface area (Å²) in [6, 6.07) is 9.68. The molecule has 1 fully saturated rings. The molecule has 0 amide bonds. The van der Waals surface area contributed by atoms with Crippen LogP contribution in [0.1, 0.15) is 38.1 Å². The fourth-order valence-electron chi connectivity index (χ4n) is 3.26. The Morgan fingerprint density at radius 1 is 1.00 bits per heavy atom. The van der Waals surface area contributed by atoms with Crippen molar-refractivity contribution in [3.63, 3.8) is 0 Å². The van der Waals surface area contributed by atoms with E-state index in [-0.39, 0.29) is 36.0 Å². The molecule has 1 saturated heterocycles. The zero-order valence-electron chi connectivity index (χ0n) is 15.3. The molecule has 2 rings (SSSR count). The summed E-state index contributed by atoms with van der Waals surface area (Å²) in [5, 5.41) is 0. The number of halogens is 2. The Labute approximate surface area is 159 Å². The van der Waals surface area contributed by atoms with Crippen molar-refractivity contribution in [2.45, 2.75) is 27.7 Å². The van der Waals surface area contributed by atoms with E-state index in [1.165, 1.54) is 6.54 Å². The zero-order chi connectivity index (χ0) is 16.2. The minimum Gasteiger partial charge on any atom is -0.301 e. The predicted molar refractivity (Wildman–Crippen MR) is 107 cm³/mol. The van der Waals surface area contributed by atoms with Crippen LogP contribution in [0.4, 0.5) is 0 Å². The summed E-state index contributed by atoms with van der Waals surface area (Å²) in [5.74, 6) is 0.973. The number of benzene rings is 1. The molecule has 0 N–H and O–H groups in total. The molecule has 24 heavy (non-hydrogen) atoms. The van der Waals surface area contributed by atoms with Crippen molar-refractivity contribution in [2.75, 3.05) is 39.3 Å². The summed E-state index contributed by atoms with van der Waals surface area (Å²) in [4.78, 5) is 17.7. The van der Waals surface area contributed by atoms with Crippen molar-refractivity contribution in [3.05, 3.63) is 35.9 Å². The number of nitrogens with zero attached hydrogens (tertiary/aromatic N) is 2. The first-order chi connectivity index (χ1) is 10.4. The summed E-state index contributed by atoms with van der Waals surface area (Å²) in [6.07, 6.45) is 0. The molecule has 0 atom stereocenters. The van der Waals surface area contributed by atoms with Gasteiger partial charge in [0, 0.05) is 50.2 Å². The van der Waals surface area contributed by atoms with Gasteiger partial charge in [-0.15, -0.1) is 24.8 Å². The molecule has 138 valence electrons. The summed E-state index contributed by atoms with van der Waals surface area (Å²) in [6.45, 7) is 15.1. The average Bonchev–Trinajstić information content (AvgIpc) is 2.48. The molecule has 0 aliphatic carbocycles. The zero-order valence-corrected chi connectivity index (χ0v) is 17.0. The van der Waals surface area contributed by atoms with Crippen molar-refractivity contribution in [3.8, 4) is 0 Å². The lowest BCUT2D eigenvalue weighted by atomic mass is 9.83. The molecule has 1 aromatic rings. The quantitative estimate of drug-likeness (QED) is 0.702. The summed E-state index contributed by atoms with van der Waals surface area (Å²) < 4.78 is 0. The van der Waals surface area contributed by atoms with Gasteiger partial charge in [0.2, 0.25) is 0 Å². The van der Waals surface area contributed by atoms with E-state index >= 15 is 0 Å². The third-order valence-corrected chi connectivity index (χ3v) is 4.36. The van der Waals surface area contributed by atoms with Crippen LogP contribution in [0.3, 0.4) is 0 Å². The Morgan fingerprint density at radius 2 is 1.50 bits per heavy atom. The molecule has 5 heteroatoms. The van der Waals surface area contributed by atoms with Gasteiger partial charge in [-0.2, -0.15) is 0 Å². The summed E-state index contributed by atoms with van der Waals surface area (Å²) >= 11 is 0. The average molecular weight is 375 g/mol. The van der Waals surface area contributed by atoms with Crippen molar-refractivity contribution >= 4 is 30.6 Å². The normalized spacial score (nSPS) is 16.4. The Bertz CT molecular complexity index is 483. The number of carbonyl (C=O) groups is 1. The maximum Gasteiger partial charge on any atom is 0.169 e. The first-order valence-corrected chi connectivity index (χ1v) is 8.43. The Kier molecular flexibility index (Phi) is 10.1. The van der Waals surface area contributed by atoms with Crippen molar-refractivity contribution in [2.24, 2.45) is 11.3 Å². The van der Waals surface area contributed by atoms with E-state index in [1.54, 1.807) is 0 Å². The molecular weight excluding hydrogens is 343 g/mol. The van der Waals surface area contributed by atoms with Gasteiger partial charge in [0.1, 0.15) is 0 Å². The number of Topliss-reactive ketones (excluding diaryl/α,β-unsaturated/α-hetero) is 1. The topological polar surface area (TPSA) is 23.6 Å². The second-order valence-electron chi connectivity index (χ2n) is 7.55. The van der Waals surface area contributed by atoms with Crippen LogP contribution < -0.4 is 0 Å². The summed E-state index contributed by atoms with van der Waals surface area (Å²) in [5.41, 5.74) is 0.493. The van der Waals surface area contributed by atoms with Crippen LogP contribution in [-0.4, -0.2) is 54.9 Å². The van der Waals surface area contributed by atoms with Crippen LogP contribution in [-0.2, 0) is 0 Å². The highest BCUT2D eigenvalue weighted by Crippen LogP contribution is 2.24. The van der Waals surface area contributed by atoms with E-state index in [9.17, 15) is 4.79 Å². The van der Waals surface area contributed by atoms with Crippen LogP contribution in [0.25, 0.3) is 0 Å². The molecule has 0 saturated carbocycles. The van der Waals surface area contributed by atoms with E-state index in [0.29, 0.717) is 0 Å². The first kappa shape index (κ1) is 23.4. The van der Waals surface area contributed by atoms with Gasteiger partial charge < -0.3 is 4.90 Å². The highest BCUT2D eigenvalue weighted by Gasteiger charge is 2.32. The number of ketones is 1. The highest BCUT2D eigenvalue weighted by atomic mass is 35.5. The predicted octanol–water partition coefficient (Wildman–Crippen LogP) is 4.01. The SMILES string of the molecule is CC(C)CN1CCN(CC(C)(C)C(=O)c2ccccc2)CC1.Cl.Cl. The number of carbonyl (C=O) groups excluding carboxylic acids is 1. The Balaban J connectivity index is 0.00000264. The molecule has 0 bridgehead atoms. The van der Waals surface area contributed by atoms with Crippen LogP contribution in [0, 0.1) is 11.3 Å². The maximum atomic E-state index is 12.7. The Morgan fingerprint density at radius 3 is 2.00 bits per heavy atom. The maximum absolute atomic E-state index is 12.7. The molecule has 0 aromatic heterocycles. The monoisotopic (exact) mass is 374 g/mol. The fraction of sp³-hybridized carbons (Fsp3) is 0.632. The van der Waals surface area contributed by atoms with Crippen molar-refractivity contribution < 1.29 is 4.79 Å². The number of piperazine rings is 1. The smallest absolute Gasteiger partial charge is 0.169 e. The van der Waals surface area contributed by atoms with Crippen LogP contribution in [0.2, 0.25) is 0 Å². The van der Waals surface area contributed by atoms with Crippen LogP contribution in [0.5, 0.6) is 0 Å². The molecule has 3 nitrogen and oxygen atoms in total. The minimum absolute atomic E-state index is 0. The molecule has 1 aliphatic heterocycles. The largest absolute Gasteiger partial charge is 0.301 e. The lowest BCUT2D eigenvalue weighted by Gasteiger charge is -2.39. The van der Waals surface area contributed by atoms with E-state index in [0.717, 1.165) is 44.2 Å². The second-order valence-corrected chi connectivity index (χ2v) is 7.55. The van der Waals surface area contributed by atoms with E-state index in [4.69, 9.17) is 0 Å². The van der Waals surface area contributed by atoms with E-state index < -0.39 is 0 Å². The van der Waals surface area contributed by atoms with Gasteiger partial charge in [-0.1, -0.05) is 58.0 Å². The van der Waals surface area contributed by atoms with Crippen LogP contribution >= 0.6 is 24.8 Å². The third-order valence-electron chi connectivity index (χ3n) is 4.36. The number of hydrogen-bond donors (Lipinski definition) is 0. The molecule has 0 spiro atoms. The molecule has 1 aliphatic rings. The third kappa shape index (κ3) is 6.72. The summed E-state index contributed by atoms with van der Waals surface area (Å²) in [7, 11) is 0. The standard InChI is InChI=1S/C19H30N2O.2ClH/c1-16(2)14-20-10-12-21(13-11-20)15-19(3,4)18(22)17-8-6-5-7-9-17;;/h5-9,16H,10-15H2,1-4H3;2*1H. The van der Waals surface area contributed by atoms with Gasteiger partial charge in [0.25, 0.3) is 0 Å². The number of hydrogen-bond acceptors (Lipinski definition) is 3. The second kappa shape index (κ2) is 10.4. The molecule has 0 unspecified atom stereocenters. The lowest BCUT2D eigenvalue weighted by molar-refractivity contribution is 0.0653. The first-order valence-electron chi connectivity index (χ1n) is 8.43. The van der Waals surface area contributed by atoms with Crippen molar-refractivity contribution in [1.29, 1.82) is 0 Å². The molecule has 1 aromatic carbocycles. The number of rotatable bonds is 6. The highest BCUT2D eigenvalue weighted by molar-refractivity contribution is 6.00. The fourth-order valence-corrected chi connectivity index (χ4v) is 3.26. The van der Waals surface area contributed by atoms with Gasteiger partial charge in [0.05, 0.1) is 0 Å².